The molecule has 0 atom stereocenters. The van der Waals surface area contributed by atoms with E-state index in [0.29, 0.717) is 29.8 Å². The molecule has 1 amide bonds. The lowest BCUT2D eigenvalue weighted by atomic mass is 10.1. The molecule has 0 fully saturated rings. The van der Waals surface area contributed by atoms with Crippen LogP contribution < -0.4 is 5.32 Å². The van der Waals surface area contributed by atoms with E-state index in [1.807, 2.05) is 30.3 Å². The Morgan fingerprint density at radius 2 is 1.81 bits per heavy atom. The number of rotatable bonds is 5. The molecule has 0 radical (unpaired) electrons. The zero-order chi connectivity index (χ0) is 18.7. The summed E-state index contributed by atoms with van der Waals surface area (Å²) >= 11 is 0. The number of hydrogen-bond donors (Lipinski definition) is 1. The van der Waals surface area contributed by atoms with Gasteiger partial charge in [-0.2, -0.15) is 0 Å². The van der Waals surface area contributed by atoms with Gasteiger partial charge in [-0.25, -0.2) is 18.2 Å². The number of benzene rings is 2. The second-order valence-electron chi connectivity index (χ2n) is 5.60. The predicted molar refractivity (Wildman–Crippen MR) is 89.0 cm³/mol. The lowest BCUT2D eigenvalue weighted by molar-refractivity contribution is 0.0948. The smallest absolute Gasteiger partial charge is 0.254 e. The van der Waals surface area contributed by atoms with E-state index in [1.165, 1.54) is 0 Å². The molecule has 0 aliphatic rings. The Kier molecular flexibility index (Phi) is 5.06. The van der Waals surface area contributed by atoms with Gasteiger partial charge in [0.1, 0.15) is 11.5 Å². The highest BCUT2D eigenvalue weighted by atomic mass is 19.2. The first kappa shape index (κ1) is 17.7. The summed E-state index contributed by atoms with van der Waals surface area (Å²) in [6, 6.07) is 11.0. The second kappa shape index (κ2) is 7.43. The minimum atomic E-state index is -1.67. The van der Waals surface area contributed by atoms with Crippen molar-refractivity contribution in [2.45, 2.75) is 13.3 Å². The van der Waals surface area contributed by atoms with Crippen molar-refractivity contribution in [3.63, 3.8) is 0 Å². The minimum absolute atomic E-state index is 0.117. The van der Waals surface area contributed by atoms with Crippen LogP contribution in [0.25, 0.3) is 11.3 Å². The first-order chi connectivity index (χ1) is 12.5. The highest BCUT2D eigenvalue weighted by Gasteiger charge is 2.19. The van der Waals surface area contributed by atoms with Gasteiger partial charge in [0.15, 0.2) is 23.3 Å². The zero-order valence-corrected chi connectivity index (χ0v) is 13.9. The number of aryl methyl sites for hydroxylation is 1. The van der Waals surface area contributed by atoms with Crippen molar-refractivity contribution in [2.24, 2.45) is 0 Å². The number of aromatic nitrogens is 1. The van der Waals surface area contributed by atoms with Gasteiger partial charge in [-0.3, -0.25) is 4.79 Å². The average molecular weight is 360 g/mol. The number of amides is 1. The summed E-state index contributed by atoms with van der Waals surface area (Å²) in [6.45, 7) is 1.83. The lowest BCUT2D eigenvalue weighted by Gasteiger charge is -2.07. The normalized spacial score (nSPS) is 10.8. The molecule has 1 heterocycles. The van der Waals surface area contributed by atoms with E-state index in [1.54, 1.807) is 6.92 Å². The summed E-state index contributed by atoms with van der Waals surface area (Å²) in [7, 11) is 0. The van der Waals surface area contributed by atoms with E-state index in [2.05, 4.69) is 10.3 Å². The van der Waals surface area contributed by atoms with Crippen molar-refractivity contribution in [2.75, 3.05) is 6.54 Å². The molecule has 3 aromatic rings. The van der Waals surface area contributed by atoms with E-state index in [0.717, 1.165) is 11.6 Å². The van der Waals surface area contributed by atoms with Crippen molar-refractivity contribution in [1.29, 1.82) is 0 Å². The molecule has 0 aliphatic carbocycles. The van der Waals surface area contributed by atoms with Crippen LogP contribution in [0.5, 0.6) is 0 Å². The Bertz CT molecular complexity index is 939. The van der Waals surface area contributed by atoms with Crippen LogP contribution in [0.4, 0.5) is 13.2 Å². The number of carbonyl (C=O) groups excluding carboxylic acids is 1. The van der Waals surface area contributed by atoms with Gasteiger partial charge in [-0.15, -0.1) is 0 Å². The molecule has 0 bridgehead atoms. The Morgan fingerprint density at radius 1 is 1.08 bits per heavy atom. The molecule has 3 rings (SSSR count). The molecule has 4 nitrogen and oxygen atoms in total. The standard InChI is InChI=1S/C19H15F3N2O2/c1-11-24-18(12-5-3-2-4-6-12)15(26-11)9-10-23-19(25)13-7-8-14(20)17(22)16(13)21/h2-8H,9-10H2,1H3,(H,23,25). The Hall–Kier alpha value is -3.09. The molecule has 2 aromatic carbocycles. The van der Waals surface area contributed by atoms with E-state index >= 15 is 0 Å². The predicted octanol–water partition coefficient (Wildman–Crippen LogP) is 4.04. The largest absolute Gasteiger partial charge is 0.445 e. The van der Waals surface area contributed by atoms with E-state index in [-0.39, 0.29) is 6.54 Å². The molecule has 0 saturated carbocycles. The van der Waals surface area contributed by atoms with Gasteiger partial charge in [-0.1, -0.05) is 30.3 Å². The third kappa shape index (κ3) is 3.61. The first-order valence-electron chi connectivity index (χ1n) is 7.91. The van der Waals surface area contributed by atoms with E-state index < -0.39 is 28.9 Å². The Morgan fingerprint density at radius 3 is 2.54 bits per heavy atom. The SMILES string of the molecule is Cc1nc(-c2ccccc2)c(CCNC(=O)c2ccc(F)c(F)c2F)o1. The van der Waals surface area contributed by atoms with E-state index in [4.69, 9.17) is 4.42 Å². The highest BCUT2D eigenvalue weighted by molar-refractivity contribution is 5.94. The van der Waals surface area contributed by atoms with Gasteiger partial charge in [0.25, 0.3) is 5.91 Å². The van der Waals surface area contributed by atoms with Crippen LogP contribution in [-0.4, -0.2) is 17.4 Å². The molecular formula is C19H15F3N2O2. The van der Waals surface area contributed by atoms with Crippen molar-refractivity contribution < 1.29 is 22.4 Å². The molecular weight excluding hydrogens is 345 g/mol. The van der Waals surface area contributed by atoms with Gasteiger partial charge in [-0.05, 0) is 12.1 Å². The molecule has 1 N–H and O–H groups in total. The van der Waals surface area contributed by atoms with Crippen LogP contribution in [0.1, 0.15) is 22.0 Å². The summed E-state index contributed by atoms with van der Waals surface area (Å²) in [5.41, 5.74) is 0.981. The number of hydrogen-bond acceptors (Lipinski definition) is 3. The van der Waals surface area contributed by atoms with E-state index in [9.17, 15) is 18.0 Å². The van der Waals surface area contributed by atoms with Gasteiger partial charge in [0.05, 0.1) is 5.56 Å². The summed E-state index contributed by atoms with van der Waals surface area (Å²) in [5.74, 6) is -4.31. The number of halogens is 3. The maximum atomic E-state index is 13.6. The summed E-state index contributed by atoms with van der Waals surface area (Å²) in [4.78, 5) is 16.3. The lowest BCUT2D eigenvalue weighted by Crippen LogP contribution is -2.27. The second-order valence-corrected chi connectivity index (χ2v) is 5.60. The number of nitrogens with zero attached hydrogens (tertiary/aromatic N) is 1. The molecule has 134 valence electrons. The molecule has 7 heteroatoms. The molecule has 0 unspecified atom stereocenters. The maximum absolute atomic E-state index is 13.6. The van der Waals surface area contributed by atoms with Crippen molar-refractivity contribution in [3.05, 3.63) is 77.1 Å². The van der Waals surface area contributed by atoms with Crippen LogP contribution >= 0.6 is 0 Å². The zero-order valence-electron chi connectivity index (χ0n) is 13.9. The van der Waals surface area contributed by atoms with Gasteiger partial charge in [0, 0.05) is 25.5 Å². The van der Waals surface area contributed by atoms with Crippen LogP contribution in [0, 0.1) is 24.4 Å². The fourth-order valence-electron chi connectivity index (χ4n) is 2.55. The third-order valence-electron chi connectivity index (χ3n) is 3.77. The van der Waals surface area contributed by atoms with Gasteiger partial charge < -0.3 is 9.73 Å². The number of nitrogens with one attached hydrogen (secondary N) is 1. The monoisotopic (exact) mass is 360 g/mol. The maximum Gasteiger partial charge on any atom is 0.254 e. The topological polar surface area (TPSA) is 55.1 Å². The molecule has 0 saturated heterocycles. The quantitative estimate of drug-likeness (QED) is 0.699. The molecule has 1 aromatic heterocycles. The fourth-order valence-corrected chi connectivity index (χ4v) is 2.55. The molecule has 26 heavy (non-hydrogen) atoms. The molecule has 0 aliphatic heterocycles. The number of oxazole rings is 1. The van der Waals surface area contributed by atoms with Crippen molar-refractivity contribution in [1.82, 2.24) is 10.3 Å². The third-order valence-corrected chi connectivity index (χ3v) is 3.77. The van der Waals surface area contributed by atoms with Crippen LogP contribution in [0.2, 0.25) is 0 Å². The summed E-state index contributed by atoms with van der Waals surface area (Å²) < 4.78 is 45.4. The van der Waals surface area contributed by atoms with Gasteiger partial charge in [0.2, 0.25) is 0 Å². The highest BCUT2D eigenvalue weighted by Crippen LogP contribution is 2.24. The Labute approximate surface area is 147 Å². The fraction of sp³-hybridized carbons (Fsp3) is 0.158. The summed E-state index contributed by atoms with van der Waals surface area (Å²) in [6.07, 6.45) is 0.308. The summed E-state index contributed by atoms with van der Waals surface area (Å²) in [5, 5.41) is 2.47. The van der Waals surface area contributed by atoms with Crippen molar-refractivity contribution in [3.8, 4) is 11.3 Å². The average Bonchev–Trinajstić information content (AvgIpc) is 3.01. The minimum Gasteiger partial charge on any atom is -0.445 e. The van der Waals surface area contributed by atoms with Gasteiger partial charge >= 0.3 is 0 Å². The van der Waals surface area contributed by atoms with Crippen LogP contribution in [-0.2, 0) is 6.42 Å². The Balaban J connectivity index is 1.69. The van der Waals surface area contributed by atoms with Crippen LogP contribution in [0.15, 0.2) is 46.9 Å². The number of carbonyl (C=O) groups is 1. The molecule has 0 spiro atoms. The van der Waals surface area contributed by atoms with Crippen LogP contribution in [0.3, 0.4) is 0 Å². The van der Waals surface area contributed by atoms with Crippen molar-refractivity contribution >= 4 is 5.91 Å². The first-order valence-corrected chi connectivity index (χ1v) is 7.91.